The van der Waals surface area contributed by atoms with E-state index in [9.17, 15) is 10.1 Å². The molecule has 0 radical (unpaired) electrons. The molecule has 126 valence electrons. The highest BCUT2D eigenvalue weighted by atomic mass is 16.5. The highest BCUT2D eigenvalue weighted by Gasteiger charge is 2.30. The first kappa shape index (κ1) is 19.0. The van der Waals surface area contributed by atoms with Crippen LogP contribution in [-0.4, -0.2) is 37.0 Å². The number of ether oxygens (including phenoxy) is 1. The molecule has 1 N–H and O–H groups in total. The molecule has 1 aromatic rings. The van der Waals surface area contributed by atoms with E-state index in [-0.39, 0.29) is 18.4 Å². The number of benzene rings is 1. The van der Waals surface area contributed by atoms with Gasteiger partial charge < -0.3 is 10.1 Å². The third kappa shape index (κ3) is 5.26. The second kappa shape index (κ2) is 7.98. The van der Waals surface area contributed by atoms with Crippen LogP contribution in [0.2, 0.25) is 0 Å². The molecule has 23 heavy (non-hydrogen) atoms. The Morgan fingerprint density at radius 1 is 1.48 bits per heavy atom. The molecule has 0 bridgehead atoms. The molecule has 1 amide bonds. The monoisotopic (exact) mass is 317 g/mol. The standard InChI is InChI=1S/C18H27N3O2/c1-13(2)18(4,12-19)20-17(22)11-21(5)10-15-9-14(3)7-8-16(15)23-6/h7-9,13H,10-11H2,1-6H3,(H,20,22)/t18-/m1/s1. The largest absolute Gasteiger partial charge is 0.496 e. The molecule has 5 heteroatoms. The van der Waals surface area contributed by atoms with E-state index >= 15 is 0 Å². The molecule has 0 unspecified atom stereocenters. The number of rotatable bonds is 7. The Kier molecular flexibility index (Phi) is 6.59. The Morgan fingerprint density at radius 2 is 2.13 bits per heavy atom. The number of nitriles is 1. The summed E-state index contributed by atoms with van der Waals surface area (Å²) in [6, 6.07) is 8.17. The van der Waals surface area contributed by atoms with Crippen LogP contribution in [0.5, 0.6) is 5.75 Å². The average molecular weight is 317 g/mol. The molecule has 0 saturated heterocycles. The lowest BCUT2D eigenvalue weighted by Crippen LogP contribution is -2.51. The molecule has 0 spiro atoms. The van der Waals surface area contributed by atoms with Crippen molar-refractivity contribution in [2.45, 2.75) is 39.8 Å². The molecular weight excluding hydrogens is 290 g/mol. The van der Waals surface area contributed by atoms with Crippen molar-refractivity contribution in [2.75, 3.05) is 20.7 Å². The smallest absolute Gasteiger partial charge is 0.235 e. The number of likely N-dealkylation sites (N-methyl/N-ethyl adjacent to an activating group) is 1. The van der Waals surface area contributed by atoms with Gasteiger partial charge in [-0.1, -0.05) is 31.5 Å². The molecular formula is C18H27N3O2. The van der Waals surface area contributed by atoms with Crippen LogP contribution < -0.4 is 10.1 Å². The van der Waals surface area contributed by atoms with Gasteiger partial charge in [-0.05, 0) is 32.9 Å². The maximum atomic E-state index is 12.2. The zero-order valence-electron chi connectivity index (χ0n) is 14.9. The first-order valence-electron chi connectivity index (χ1n) is 7.76. The summed E-state index contributed by atoms with van der Waals surface area (Å²) >= 11 is 0. The number of nitrogens with one attached hydrogen (secondary N) is 1. The van der Waals surface area contributed by atoms with E-state index in [0.717, 1.165) is 16.9 Å². The summed E-state index contributed by atoms with van der Waals surface area (Å²) in [6.45, 7) is 8.44. The van der Waals surface area contributed by atoms with Crippen molar-refractivity contribution < 1.29 is 9.53 Å². The SMILES string of the molecule is COc1ccc(C)cc1CN(C)CC(=O)N[C@](C)(C#N)C(C)C. The van der Waals surface area contributed by atoms with E-state index < -0.39 is 5.54 Å². The van der Waals surface area contributed by atoms with Crippen LogP contribution in [0.15, 0.2) is 18.2 Å². The van der Waals surface area contributed by atoms with E-state index in [4.69, 9.17) is 4.74 Å². The molecule has 0 aliphatic carbocycles. The van der Waals surface area contributed by atoms with Gasteiger partial charge in [-0.2, -0.15) is 5.26 Å². The van der Waals surface area contributed by atoms with Gasteiger partial charge in [0, 0.05) is 12.1 Å². The van der Waals surface area contributed by atoms with E-state index in [1.54, 1.807) is 14.0 Å². The molecule has 0 aromatic heterocycles. The number of aryl methyl sites for hydroxylation is 1. The molecule has 0 aliphatic heterocycles. The van der Waals surface area contributed by atoms with Crippen LogP contribution in [0.3, 0.4) is 0 Å². The quantitative estimate of drug-likeness (QED) is 0.839. The molecule has 5 nitrogen and oxygen atoms in total. The fraction of sp³-hybridized carbons (Fsp3) is 0.556. The summed E-state index contributed by atoms with van der Waals surface area (Å²) < 4.78 is 5.37. The van der Waals surface area contributed by atoms with Crippen molar-refractivity contribution in [2.24, 2.45) is 5.92 Å². The highest BCUT2D eigenvalue weighted by molar-refractivity contribution is 5.79. The van der Waals surface area contributed by atoms with Crippen molar-refractivity contribution in [1.82, 2.24) is 10.2 Å². The summed E-state index contributed by atoms with van der Waals surface area (Å²) in [4.78, 5) is 14.1. The number of amides is 1. The molecule has 0 heterocycles. The van der Waals surface area contributed by atoms with Crippen LogP contribution in [0.25, 0.3) is 0 Å². The normalized spacial score (nSPS) is 13.5. The second-order valence-corrected chi connectivity index (χ2v) is 6.50. The summed E-state index contributed by atoms with van der Waals surface area (Å²) in [7, 11) is 3.52. The number of hydrogen-bond acceptors (Lipinski definition) is 4. The molecule has 1 atom stereocenters. The molecule has 0 aliphatic rings. The lowest BCUT2D eigenvalue weighted by Gasteiger charge is -2.28. The molecule has 0 fully saturated rings. The van der Waals surface area contributed by atoms with Gasteiger partial charge in [0.05, 0.1) is 19.7 Å². The van der Waals surface area contributed by atoms with Crippen LogP contribution in [0, 0.1) is 24.2 Å². The van der Waals surface area contributed by atoms with Crippen molar-refractivity contribution >= 4 is 5.91 Å². The minimum Gasteiger partial charge on any atom is -0.496 e. The van der Waals surface area contributed by atoms with Crippen molar-refractivity contribution in [3.8, 4) is 11.8 Å². The number of hydrogen-bond donors (Lipinski definition) is 1. The predicted octanol–water partition coefficient (Wildman–Crippen LogP) is 2.49. The highest BCUT2D eigenvalue weighted by Crippen LogP contribution is 2.21. The topological polar surface area (TPSA) is 65.4 Å². The van der Waals surface area contributed by atoms with Gasteiger partial charge in [-0.25, -0.2) is 0 Å². The number of carbonyl (C=O) groups excluding carboxylic acids is 1. The van der Waals surface area contributed by atoms with Gasteiger partial charge in [0.15, 0.2) is 0 Å². The first-order chi connectivity index (χ1) is 10.7. The fourth-order valence-corrected chi connectivity index (χ4v) is 2.25. The minimum absolute atomic E-state index is 0.0404. The summed E-state index contributed by atoms with van der Waals surface area (Å²) in [5.74, 6) is 0.697. The van der Waals surface area contributed by atoms with Crippen LogP contribution >= 0.6 is 0 Å². The Bertz CT molecular complexity index is 592. The lowest BCUT2D eigenvalue weighted by molar-refractivity contribution is -0.123. The lowest BCUT2D eigenvalue weighted by atomic mass is 9.90. The van der Waals surface area contributed by atoms with Crippen molar-refractivity contribution in [1.29, 1.82) is 5.26 Å². The van der Waals surface area contributed by atoms with Gasteiger partial charge >= 0.3 is 0 Å². The number of methoxy groups -OCH3 is 1. The van der Waals surface area contributed by atoms with Crippen LogP contribution in [0.1, 0.15) is 31.9 Å². The van der Waals surface area contributed by atoms with E-state index in [0.29, 0.717) is 6.54 Å². The summed E-state index contributed by atoms with van der Waals surface area (Å²) in [5.41, 5.74) is 1.34. The van der Waals surface area contributed by atoms with Crippen molar-refractivity contribution in [3.05, 3.63) is 29.3 Å². The van der Waals surface area contributed by atoms with E-state index in [2.05, 4.69) is 17.5 Å². The van der Waals surface area contributed by atoms with Crippen LogP contribution in [0.4, 0.5) is 0 Å². The third-order valence-corrected chi connectivity index (χ3v) is 4.08. The predicted molar refractivity (Wildman–Crippen MR) is 91.1 cm³/mol. The van der Waals surface area contributed by atoms with Gasteiger partial charge in [-0.15, -0.1) is 0 Å². The Labute approximate surface area is 139 Å². The Hall–Kier alpha value is -2.06. The van der Waals surface area contributed by atoms with E-state index in [1.165, 1.54) is 0 Å². The first-order valence-corrected chi connectivity index (χ1v) is 7.76. The second-order valence-electron chi connectivity index (χ2n) is 6.50. The summed E-state index contributed by atoms with van der Waals surface area (Å²) in [6.07, 6.45) is 0. The number of nitrogens with zero attached hydrogens (tertiary/aromatic N) is 2. The molecule has 1 rings (SSSR count). The van der Waals surface area contributed by atoms with Gasteiger partial charge in [0.25, 0.3) is 0 Å². The zero-order chi connectivity index (χ0) is 17.6. The van der Waals surface area contributed by atoms with Crippen LogP contribution in [-0.2, 0) is 11.3 Å². The molecule has 1 aromatic carbocycles. The maximum absolute atomic E-state index is 12.2. The van der Waals surface area contributed by atoms with E-state index in [1.807, 2.05) is 44.9 Å². The maximum Gasteiger partial charge on any atom is 0.235 e. The summed E-state index contributed by atoms with van der Waals surface area (Å²) in [5, 5.41) is 12.1. The number of carbonyl (C=O) groups is 1. The molecule has 0 saturated carbocycles. The van der Waals surface area contributed by atoms with Gasteiger partial charge in [0.2, 0.25) is 5.91 Å². The van der Waals surface area contributed by atoms with Gasteiger partial charge in [-0.3, -0.25) is 9.69 Å². The zero-order valence-corrected chi connectivity index (χ0v) is 14.9. The minimum atomic E-state index is -0.848. The Morgan fingerprint density at radius 3 is 2.65 bits per heavy atom. The Balaban J connectivity index is 2.70. The average Bonchev–Trinajstić information content (AvgIpc) is 2.46. The fourth-order valence-electron chi connectivity index (χ4n) is 2.25. The third-order valence-electron chi connectivity index (χ3n) is 4.08. The van der Waals surface area contributed by atoms with Crippen molar-refractivity contribution in [3.63, 3.8) is 0 Å². The van der Waals surface area contributed by atoms with Gasteiger partial charge in [0.1, 0.15) is 11.3 Å².